The van der Waals surface area contributed by atoms with E-state index in [1.54, 1.807) is 0 Å². The van der Waals surface area contributed by atoms with E-state index in [9.17, 15) is 19.2 Å². The van der Waals surface area contributed by atoms with Crippen LogP contribution in [0.4, 0.5) is 0 Å². The summed E-state index contributed by atoms with van der Waals surface area (Å²) in [6.07, 6.45) is 0. The smallest absolute Gasteiger partial charge is 0.331 e. The van der Waals surface area contributed by atoms with Gasteiger partial charge < -0.3 is 9.47 Å². The number of ether oxygens (including phenoxy) is 2. The van der Waals surface area contributed by atoms with Gasteiger partial charge in [-0.15, -0.1) is 0 Å². The van der Waals surface area contributed by atoms with Crippen LogP contribution in [0.25, 0.3) is 0 Å². The second-order valence-electron chi connectivity index (χ2n) is 3.65. The lowest BCUT2D eigenvalue weighted by molar-refractivity contribution is -0.158. The largest absolute Gasteiger partial charge is 0.392 e. The molecular weight excluding hydrogens is 206 g/mol. The Morgan fingerprint density at radius 3 is 1.53 bits per heavy atom. The summed E-state index contributed by atoms with van der Waals surface area (Å²) in [7, 11) is 0. The van der Waals surface area contributed by atoms with Crippen molar-refractivity contribution in [2.75, 3.05) is 0 Å². The van der Waals surface area contributed by atoms with Crippen molar-refractivity contribution in [3.05, 3.63) is 0 Å². The molecule has 3 fully saturated rings. The molecule has 0 aromatic carbocycles. The fourth-order valence-corrected chi connectivity index (χ4v) is 2.27. The molecule has 0 aromatic heterocycles. The van der Waals surface area contributed by atoms with E-state index in [-0.39, 0.29) is 0 Å². The van der Waals surface area contributed by atoms with Crippen molar-refractivity contribution in [2.45, 2.75) is 12.1 Å². The SMILES string of the molecule is O=C1OC(=O)C2C1NC1C(=O)OC(=O)C12. The van der Waals surface area contributed by atoms with Crippen molar-refractivity contribution in [3.8, 4) is 0 Å². The molecule has 4 atom stereocenters. The molecule has 3 saturated heterocycles. The number of esters is 4. The Labute approximate surface area is 82.7 Å². The van der Waals surface area contributed by atoms with Crippen LogP contribution in [-0.2, 0) is 28.7 Å². The lowest BCUT2D eigenvalue weighted by Crippen LogP contribution is -2.38. The highest BCUT2D eigenvalue weighted by molar-refractivity contribution is 6.08. The van der Waals surface area contributed by atoms with Gasteiger partial charge in [0.1, 0.15) is 12.1 Å². The van der Waals surface area contributed by atoms with Crippen LogP contribution in [0.2, 0.25) is 0 Å². The maximum Gasteiger partial charge on any atom is 0.331 e. The van der Waals surface area contributed by atoms with Gasteiger partial charge in [0.25, 0.3) is 0 Å². The molecule has 3 aliphatic heterocycles. The number of fused-ring (bicyclic) bond motifs is 3. The molecule has 3 aliphatic rings. The van der Waals surface area contributed by atoms with Crippen LogP contribution < -0.4 is 5.32 Å². The first-order chi connectivity index (χ1) is 7.09. The highest BCUT2D eigenvalue weighted by atomic mass is 16.6. The number of hydrogen-bond acceptors (Lipinski definition) is 7. The van der Waals surface area contributed by atoms with Gasteiger partial charge in [-0.05, 0) is 0 Å². The molecule has 78 valence electrons. The Morgan fingerprint density at radius 2 is 1.13 bits per heavy atom. The summed E-state index contributed by atoms with van der Waals surface area (Å²) in [6, 6.07) is -1.77. The summed E-state index contributed by atoms with van der Waals surface area (Å²) >= 11 is 0. The van der Waals surface area contributed by atoms with Gasteiger partial charge in [0.05, 0.1) is 11.8 Å². The summed E-state index contributed by atoms with van der Waals surface area (Å²) < 4.78 is 8.72. The standard InChI is InChI=1S/C8H5NO6/c10-5-1-2-4(8(13)15-6(2)11)9-3(1)7(12)14-5/h1-4,9H. The average molecular weight is 211 g/mol. The minimum absolute atomic E-state index is 0.736. The lowest BCUT2D eigenvalue weighted by Gasteiger charge is -2.04. The van der Waals surface area contributed by atoms with Gasteiger partial charge in [-0.3, -0.25) is 14.9 Å². The predicted molar refractivity (Wildman–Crippen MR) is 39.9 cm³/mol. The lowest BCUT2D eigenvalue weighted by atomic mass is 9.90. The normalized spacial score (nSPS) is 42.7. The average Bonchev–Trinajstić information content (AvgIpc) is 2.72. The fraction of sp³-hybridized carbons (Fsp3) is 0.500. The maximum absolute atomic E-state index is 11.3. The third-order valence-electron chi connectivity index (χ3n) is 2.92. The molecule has 0 amide bonds. The summed E-state index contributed by atoms with van der Waals surface area (Å²) in [6.45, 7) is 0. The van der Waals surface area contributed by atoms with E-state index in [1.165, 1.54) is 0 Å². The van der Waals surface area contributed by atoms with Crippen LogP contribution in [0.15, 0.2) is 0 Å². The fourth-order valence-electron chi connectivity index (χ4n) is 2.27. The molecule has 0 saturated carbocycles. The second kappa shape index (κ2) is 2.43. The third kappa shape index (κ3) is 0.878. The summed E-state index contributed by atoms with van der Waals surface area (Å²) in [5, 5.41) is 2.58. The number of rotatable bonds is 0. The Hall–Kier alpha value is -1.76. The zero-order valence-corrected chi connectivity index (χ0v) is 7.26. The van der Waals surface area contributed by atoms with Gasteiger partial charge in [0.2, 0.25) is 0 Å². The molecular formula is C8H5NO6. The van der Waals surface area contributed by atoms with Crippen molar-refractivity contribution in [1.82, 2.24) is 5.32 Å². The van der Waals surface area contributed by atoms with Gasteiger partial charge in [0.15, 0.2) is 0 Å². The molecule has 0 aliphatic carbocycles. The first kappa shape index (κ1) is 8.54. The molecule has 15 heavy (non-hydrogen) atoms. The van der Waals surface area contributed by atoms with Gasteiger partial charge >= 0.3 is 23.9 Å². The van der Waals surface area contributed by atoms with Crippen molar-refractivity contribution >= 4 is 23.9 Å². The zero-order chi connectivity index (χ0) is 10.7. The zero-order valence-electron chi connectivity index (χ0n) is 7.26. The van der Waals surface area contributed by atoms with Crippen LogP contribution in [-0.4, -0.2) is 36.0 Å². The van der Waals surface area contributed by atoms with E-state index >= 15 is 0 Å². The highest BCUT2D eigenvalue weighted by Crippen LogP contribution is 2.38. The topological polar surface area (TPSA) is 98.8 Å². The first-order valence-electron chi connectivity index (χ1n) is 4.37. The van der Waals surface area contributed by atoms with Crippen molar-refractivity contribution < 1.29 is 28.7 Å². The molecule has 0 spiro atoms. The van der Waals surface area contributed by atoms with Crippen molar-refractivity contribution in [1.29, 1.82) is 0 Å². The third-order valence-corrected chi connectivity index (χ3v) is 2.92. The molecule has 4 unspecified atom stereocenters. The van der Waals surface area contributed by atoms with Crippen molar-refractivity contribution in [3.63, 3.8) is 0 Å². The number of carbonyl (C=O) groups excluding carboxylic acids is 4. The summed E-state index contributed by atoms with van der Waals surface area (Å²) in [4.78, 5) is 44.8. The van der Waals surface area contributed by atoms with Crippen LogP contribution in [0, 0.1) is 11.8 Å². The van der Waals surface area contributed by atoms with Crippen LogP contribution in [0.1, 0.15) is 0 Å². The van der Waals surface area contributed by atoms with Crippen molar-refractivity contribution in [2.24, 2.45) is 11.8 Å². The molecule has 0 radical (unpaired) electrons. The monoisotopic (exact) mass is 211 g/mol. The van der Waals surface area contributed by atoms with E-state index in [1.807, 2.05) is 0 Å². The van der Waals surface area contributed by atoms with Crippen LogP contribution in [0.3, 0.4) is 0 Å². The molecule has 1 N–H and O–H groups in total. The van der Waals surface area contributed by atoms with Gasteiger partial charge in [-0.2, -0.15) is 0 Å². The Bertz CT molecular complexity index is 377. The number of hydrogen-bond donors (Lipinski definition) is 1. The van der Waals surface area contributed by atoms with Gasteiger partial charge in [-0.25, -0.2) is 9.59 Å². The quantitative estimate of drug-likeness (QED) is 0.356. The number of cyclic esters (lactones) is 4. The predicted octanol–water partition coefficient (Wildman–Crippen LogP) is -2.27. The summed E-state index contributed by atoms with van der Waals surface area (Å²) in [5.41, 5.74) is 0. The second-order valence-corrected chi connectivity index (χ2v) is 3.65. The van der Waals surface area contributed by atoms with E-state index < -0.39 is 47.8 Å². The van der Waals surface area contributed by atoms with Crippen LogP contribution >= 0.6 is 0 Å². The molecule has 7 heteroatoms. The first-order valence-corrected chi connectivity index (χ1v) is 4.37. The number of nitrogens with one attached hydrogen (secondary N) is 1. The van der Waals surface area contributed by atoms with Crippen LogP contribution in [0.5, 0.6) is 0 Å². The molecule has 3 heterocycles. The maximum atomic E-state index is 11.3. The molecule has 0 bridgehead atoms. The van der Waals surface area contributed by atoms with Gasteiger partial charge in [-0.1, -0.05) is 0 Å². The Balaban J connectivity index is 2.03. The molecule has 0 aromatic rings. The van der Waals surface area contributed by atoms with E-state index in [4.69, 9.17) is 0 Å². The minimum Gasteiger partial charge on any atom is -0.392 e. The summed E-state index contributed by atoms with van der Waals surface area (Å²) in [5.74, 6) is -4.84. The Morgan fingerprint density at radius 1 is 0.733 bits per heavy atom. The number of carbonyl (C=O) groups is 4. The minimum atomic E-state index is -0.915. The molecule has 3 rings (SSSR count). The van der Waals surface area contributed by atoms with E-state index in [0.717, 1.165) is 0 Å². The Kier molecular flexibility index (Phi) is 1.38. The molecule has 7 nitrogen and oxygen atoms in total. The highest BCUT2D eigenvalue weighted by Gasteiger charge is 2.65. The van der Waals surface area contributed by atoms with E-state index in [2.05, 4.69) is 14.8 Å². The van der Waals surface area contributed by atoms with Gasteiger partial charge in [0, 0.05) is 0 Å². The van der Waals surface area contributed by atoms with E-state index in [0.29, 0.717) is 0 Å².